The Bertz CT molecular complexity index is 964. The predicted octanol–water partition coefficient (Wildman–Crippen LogP) is 3.56. The summed E-state index contributed by atoms with van der Waals surface area (Å²) in [5.74, 6) is -0.0636. The molecule has 0 saturated carbocycles. The molecule has 0 spiro atoms. The number of aromatic nitrogens is 2. The van der Waals surface area contributed by atoms with E-state index in [2.05, 4.69) is 10.00 Å². The van der Waals surface area contributed by atoms with Crippen molar-refractivity contribution >= 4 is 28.4 Å². The molecule has 3 aromatic rings. The Labute approximate surface area is 168 Å². The zero-order valence-electron chi connectivity index (χ0n) is 15.5. The first-order valence-corrected chi connectivity index (χ1v) is 9.82. The van der Waals surface area contributed by atoms with E-state index < -0.39 is 0 Å². The van der Waals surface area contributed by atoms with E-state index in [1.807, 2.05) is 39.9 Å². The number of fused-ring (bicyclic) bond motifs is 1. The van der Waals surface area contributed by atoms with Gasteiger partial charge in [-0.05, 0) is 35.9 Å². The summed E-state index contributed by atoms with van der Waals surface area (Å²) in [6.45, 7) is 4.42. The van der Waals surface area contributed by atoms with E-state index >= 15 is 0 Å². The molecular formula is C21H22ClFN4O. The van der Waals surface area contributed by atoms with Crippen LogP contribution in [-0.4, -0.2) is 51.7 Å². The highest BCUT2D eigenvalue weighted by Crippen LogP contribution is 2.19. The molecule has 1 aromatic heterocycles. The molecule has 0 radical (unpaired) electrons. The summed E-state index contributed by atoms with van der Waals surface area (Å²) in [4.78, 5) is 16.8. The molecule has 5 nitrogen and oxygen atoms in total. The molecule has 4 rings (SSSR count). The van der Waals surface area contributed by atoms with Gasteiger partial charge in [0.05, 0.1) is 18.3 Å². The monoisotopic (exact) mass is 400 g/mol. The number of aryl methyl sites for hydroxylation is 1. The van der Waals surface area contributed by atoms with Crippen LogP contribution in [0.1, 0.15) is 12.0 Å². The van der Waals surface area contributed by atoms with Gasteiger partial charge in [-0.3, -0.25) is 14.4 Å². The van der Waals surface area contributed by atoms with Crippen molar-refractivity contribution in [1.29, 1.82) is 0 Å². The van der Waals surface area contributed by atoms with Crippen LogP contribution in [0.4, 0.5) is 4.39 Å². The lowest BCUT2D eigenvalue weighted by Crippen LogP contribution is -2.48. The highest BCUT2D eigenvalue weighted by atomic mass is 35.5. The van der Waals surface area contributed by atoms with E-state index in [9.17, 15) is 9.18 Å². The minimum Gasteiger partial charge on any atom is -0.340 e. The van der Waals surface area contributed by atoms with E-state index in [0.29, 0.717) is 18.0 Å². The van der Waals surface area contributed by atoms with Gasteiger partial charge in [0, 0.05) is 49.6 Å². The van der Waals surface area contributed by atoms with Crippen LogP contribution in [0.2, 0.25) is 5.02 Å². The Balaban J connectivity index is 1.27. The van der Waals surface area contributed by atoms with Gasteiger partial charge in [0.15, 0.2) is 0 Å². The quantitative estimate of drug-likeness (QED) is 0.657. The fourth-order valence-corrected chi connectivity index (χ4v) is 3.78. The summed E-state index contributed by atoms with van der Waals surface area (Å²) in [6, 6.07) is 12.3. The van der Waals surface area contributed by atoms with Crippen LogP contribution < -0.4 is 0 Å². The largest absolute Gasteiger partial charge is 0.340 e. The number of hydrogen-bond acceptors (Lipinski definition) is 3. The summed E-state index contributed by atoms with van der Waals surface area (Å²) in [5, 5.41) is 6.03. The van der Waals surface area contributed by atoms with Crippen LogP contribution >= 0.6 is 11.6 Å². The highest BCUT2D eigenvalue weighted by Gasteiger charge is 2.21. The van der Waals surface area contributed by atoms with E-state index in [0.717, 1.165) is 49.2 Å². The van der Waals surface area contributed by atoms with E-state index in [1.165, 1.54) is 12.1 Å². The van der Waals surface area contributed by atoms with E-state index in [-0.39, 0.29) is 11.7 Å². The Morgan fingerprint density at radius 2 is 1.82 bits per heavy atom. The molecule has 0 unspecified atom stereocenters. The Kier molecular flexibility index (Phi) is 5.59. The van der Waals surface area contributed by atoms with E-state index in [1.54, 1.807) is 6.20 Å². The zero-order chi connectivity index (χ0) is 19.5. The second-order valence-electron chi connectivity index (χ2n) is 7.10. The second-order valence-corrected chi connectivity index (χ2v) is 7.54. The molecular weight excluding hydrogens is 379 g/mol. The second kappa shape index (κ2) is 8.29. The maximum absolute atomic E-state index is 13.0. The summed E-state index contributed by atoms with van der Waals surface area (Å²) in [7, 11) is 0. The Morgan fingerprint density at radius 3 is 2.57 bits per heavy atom. The number of rotatable bonds is 5. The first-order valence-electron chi connectivity index (χ1n) is 9.44. The molecule has 28 heavy (non-hydrogen) atoms. The minimum absolute atomic E-state index is 0.152. The van der Waals surface area contributed by atoms with Gasteiger partial charge in [-0.25, -0.2) is 4.39 Å². The lowest BCUT2D eigenvalue weighted by Gasteiger charge is -2.34. The van der Waals surface area contributed by atoms with Crippen molar-refractivity contribution in [2.24, 2.45) is 0 Å². The molecule has 1 aliphatic rings. The van der Waals surface area contributed by atoms with Gasteiger partial charge in [-0.1, -0.05) is 23.7 Å². The van der Waals surface area contributed by atoms with Crippen LogP contribution in [0.25, 0.3) is 10.9 Å². The fourth-order valence-electron chi connectivity index (χ4n) is 3.60. The number of carbonyl (C=O) groups excluding carboxylic acids is 1. The Hall–Kier alpha value is -2.44. The minimum atomic E-state index is -0.216. The molecule has 1 saturated heterocycles. The van der Waals surface area contributed by atoms with Crippen molar-refractivity contribution in [3.63, 3.8) is 0 Å². The fraction of sp³-hybridized carbons (Fsp3) is 0.333. The van der Waals surface area contributed by atoms with Gasteiger partial charge in [0.1, 0.15) is 5.82 Å². The lowest BCUT2D eigenvalue weighted by molar-refractivity contribution is -0.133. The average molecular weight is 401 g/mol. The summed E-state index contributed by atoms with van der Waals surface area (Å²) in [6.07, 6.45) is 2.21. The van der Waals surface area contributed by atoms with Crippen LogP contribution in [0.3, 0.4) is 0 Å². The molecule has 0 atom stereocenters. The lowest BCUT2D eigenvalue weighted by atomic mass is 10.2. The standard InChI is InChI=1S/C21H22ClFN4O/c22-18-3-6-20-17(13-18)14-24-27(20)8-7-21(28)26-11-9-25(10-12-26)15-16-1-4-19(23)5-2-16/h1-6,13-14H,7-12,15H2. The molecule has 2 aromatic carbocycles. The van der Waals surface area contributed by atoms with Crippen molar-refractivity contribution in [3.8, 4) is 0 Å². The van der Waals surface area contributed by atoms with Crippen LogP contribution in [0.15, 0.2) is 48.7 Å². The predicted molar refractivity (Wildman–Crippen MR) is 108 cm³/mol. The van der Waals surface area contributed by atoms with Crippen LogP contribution in [0.5, 0.6) is 0 Å². The van der Waals surface area contributed by atoms with Crippen LogP contribution in [0, 0.1) is 5.82 Å². The summed E-state index contributed by atoms with van der Waals surface area (Å²) >= 11 is 6.01. The van der Waals surface area contributed by atoms with Gasteiger partial charge < -0.3 is 4.90 Å². The maximum Gasteiger partial charge on any atom is 0.224 e. The summed E-state index contributed by atoms with van der Waals surface area (Å²) < 4.78 is 14.9. The number of hydrogen-bond donors (Lipinski definition) is 0. The van der Waals surface area contributed by atoms with Crippen molar-refractivity contribution in [1.82, 2.24) is 19.6 Å². The smallest absolute Gasteiger partial charge is 0.224 e. The third-order valence-corrected chi connectivity index (χ3v) is 5.42. The van der Waals surface area contributed by atoms with Gasteiger partial charge in [0.25, 0.3) is 0 Å². The molecule has 1 aliphatic heterocycles. The average Bonchev–Trinajstić information content (AvgIpc) is 3.10. The van der Waals surface area contributed by atoms with Gasteiger partial charge >= 0.3 is 0 Å². The molecule has 0 N–H and O–H groups in total. The Morgan fingerprint density at radius 1 is 1.07 bits per heavy atom. The first-order chi connectivity index (χ1) is 13.6. The molecule has 7 heteroatoms. The molecule has 0 bridgehead atoms. The molecule has 146 valence electrons. The van der Waals surface area contributed by atoms with Crippen molar-refractivity contribution in [2.75, 3.05) is 26.2 Å². The van der Waals surface area contributed by atoms with Crippen molar-refractivity contribution in [2.45, 2.75) is 19.5 Å². The van der Waals surface area contributed by atoms with Gasteiger partial charge in [0.2, 0.25) is 5.91 Å². The SMILES string of the molecule is O=C(CCn1ncc2cc(Cl)ccc21)N1CCN(Cc2ccc(F)cc2)CC1. The molecule has 1 fully saturated rings. The first kappa shape index (κ1) is 18.9. The summed E-state index contributed by atoms with van der Waals surface area (Å²) in [5.41, 5.74) is 2.08. The van der Waals surface area contributed by atoms with Gasteiger partial charge in [-0.2, -0.15) is 5.10 Å². The third-order valence-electron chi connectivity index (χ3n) is 5.19. The highest BCUT2D eigenvalue weighted by molar-refractivity contribution is 6.31. The maximum atomic E-state index is 13.0. The van der Waals surface area contributed by atoms with Crippen molar-refractivity contribution < 1.29 is 9.18 Å². The normalized spacial score (nSPS) is 15.3. The van der Waals surface area contributed by atoms with Crippen molar-refractivity contribution in [3.05, 3.63) is 65.1 Å². The molecule has 0 aliphatic carbocycles. The number of piperazine rings is 1. The number of benzene rings is 2. The zero-order valence-corrected chi connectivity index (χ0v) is 16.3. The van der Waals surface area contributed by atoms with E-state index in [4.69, 9.17) is 11.6 Å². The number of carbonyl (C=O) groups is 1. The topological polar surface area (TPSA) is 41.4 Å². The van der Waals surface area contributed by atoms with Crippen LogP contribution in [-0.2, 0) is 17.9 Å². The van der Waals surface area contributed by atoms with Gasteiger partial charge in [-0.15, -0.1) is 0 Å². The molecule has 2 heterocycles. The number of halogens is 2. The number of amides is 1. The third kappa shape index (κ3) is 4.34. The molecule has 1 amide bonds. The number of nitrogens with zero attached hydrogens (tertiary/aromatic N) is 4.